The summed E-state index contributed by atoms with van der Waals surface area (Å²) in [5.74, 6) is 0.445. The number of nitrogens with zero attached hydrogens (tertiary/aromatic N) is 2. The molecule has 0 radical (unpaired) electrons. The number of carbonyl (C=O) groups is 1. The van der Waals surface area contributed by atoms with Gasteiger partial charge in [-0.05, 0) is 49.2 Å². The van der Waals surface area contributed by atoms with Gasteiger partial charge in [0.25, 0.3) is 5.56 Å². The maximum atomic E-state index is 13.2. The van der Waals surface area contributed by atoms with Crippen molar-refractivity contribution in [1.82, 2.24) is 9.55 Å². The maximum absolute atomic E-state index is 13.2. The summed E-state index contributed by atoms with van der Waals surface area (Å²) in [6.45, 7) is 5.02. The second-order valence-corrected chi connectivity index (χ2v) is 7.74. The van der Waals surface area contributed by atoms with Crippen LogP contribution in [0.1, 0.15) is 29.8 Å². The highest BCUT2D eigenvalue weighted by Gasteiger charge is 2.14. The SMILES string of the molecule is CCOC(=O)c1ccc(Cn2cnc3scc(-c4ccc(OCC)cc4)c3c2=O)cc1. The first-order valence-corrected chi connectivity index (χ1v) is 10.9. The van der Waals surface area contributed by atoms with Gasteiger partial charge in [0, 0.05) is 10.9 Å². The highest BCUT2D eigenvalue weighted by Crippen LogP contribution is 2.31. The lowest BCUT2D eigenvalue weighted by Crippen LogP contribution is -2.21. The van der Waals surface area contributed by atoms with Crippen molar-refractivity contribution in [1.29, 1.82) is 0 Å². The van der Waals surface area contributed by atoms with Gasteiger partial charge in [-0.1, -0.05) is 24.3 Å². The number of fused-ring (bicyclic) bond motifs is 1. The Hall–Kier alpha value is -3.45. The fourth-order valence-corrected chi connectivity index (χ4v) is 4.25. The molecule has 4 aromatic rings. The van der Waals surface area contributed by atoms with Gasteiger partial charge in [-0.25, -0.2) is 9.78 Å². The van der Waals surface area contributed by atoms with Crippen LogP contribution in [0.15, 0.2) is 65.0 Å². The van der Waals surface area contributed by atoms with Gasteiger partial charge in [-0.3, -0.25) is 9.36 Å². The lowest BCUT2D eigenvalue weighted by atomic mass is 10.1. The van der Waals surface area contributed by atoms with Crippen LogP contribution < -0.4 is 10.3 Å². The molecule has 0 unspecified atom stereocenters. The zero-order valence-electron chi connectivity index (χ0n) is 17.3. The number of thiophene rings is 1. The van der Waals surface area contributed by atoms with Crippen molar-refractivity contribution in [3.05, 3.63) is 81.7 Å². The average Bonchev–Trinajstić information content (AvgIpc) is 3.22. The van der Waals surface area contributed by atoms with E-state index in [4.69, 9.17) is 9.47 Å². The van der Waals surface area contributed by atoms with E-state index < -0.39 is 0 Å². The first-order chi connectivity index (χ1) is 15.1. The summed E-state index contributed by atoms with van der Waals surface area (Å²) in [5, 5.41) is 2.58. The molecule has 0 saturated heterocycles. The molecule has 2 heterocycles. The van der Waals surface area contributed by atoms with Crippen LogP contribution in [-0.4, -0.2) is 28.7 Å². The van der Waals surface area contributed by atoms with Crippen molar-refractivity contribution in [2.24, 2.45) is 0 Å². The molecular formula is C24H22N2O4S. The van der Waals surface area contributed by atoms with Gasteiger partial charge < -0.3 is 9.47 Å². The van der Waals surface area contributed by atoms with Gasteiger partial charge >= 0.3 is 5.97 Å². The Morgan fingerprint density at radius 2 is 1.77 bits per heavy atom. The van der Waals surface area contributed by atoms with E-state index >= 15 is 0 Å². The zero-order chi connectivity index (χ0) is 21.8. The Morgan fingerprint density at radius 1 is 1.03 bits per heavy atom. The van der Waals surface area contributed by atoms with Crippen LogP contribution in [0.5, 0.6) is 5.75 Å². The minimum Gasteiger partial charge on any atom is -0.494 e. The average molecular weight is 435 g/mol. The van der Waals surface area contributed by atoms with Gasteiger partial charge in [0.1, 0.15) is 10.6 Å². The number of hydrogen-bond acceptors (Lipinski definition) is 6. The fourth-order valence-electron chi connectivity index (χ4n) is 3.35. The molecular weight excluding hydrogens is 412 g/mol. The van der Waals surface area contributed by atoms with Gasteiger partial charge in [-0.2, -0.15) is 0 Å². The van der Waals surface area contributed by atoms with Crippen molar-refractivity contribution in [2.45, 2.75) is 20.4 Å². The van der Waals surface area contributed by atoms with E-state index in [0.29, 0.717) is 35.5 Å². The van der Waals surface area contributed by atoms with E-state index in [1.165, 1.54) is 11.3 Å². The lowest BCUT2D eigenvalue weighted by molar-refractivity contribution is 0.0526. The predicted molar refractivity (Wildman–Crippen MR) is 122 cm³/mol. The normalized spacial score (nSPS) is 10.9. The molecule has 2 aromatic carbocycles. The molecule has 0 fully saturated rings. The number of hydrogen-bond donors (Lipinski definition) is 0. The molecule has 0 saturated carbocycles. The molecule has 0 aliphatic rings. The van der Waals surface area contributed by atoms with Gasteiger partial charge in [0.15, 0.2) is 0 Å². The van der Waals surface area contributed by atoms with Crippen LogP contribution in [0.2, 0.25) is 0 Å². The lowest BCUT2D eigenvalue weighted by Gasteiger charge is -2.08. The molecule has 4 rings (SSSR count). The Balaban J connectivity index is 1.64. The third-order valence-electron chi connectivity index (χ3n) is 4.86. The Bertz CT molecular complexity index is 1260. The second kappa shape index (κ2) is 9.14. The number of carbonyl (C=O) groups excluding carboxylic acids is 1. The van der Waals surface area contributed by atoms with Crippen LogP contribution in [0.3, 0.4) is 0 Å². The Labute approximate surface area is 183 Å². The number of aromatic nitrogens is 2. The van der Waals surface area contributed by atoms with E-state index in [-0.39, 0.29) is 11.5 Å². The van der Waals surface area contributed by atoms with E-state index in [9.17, 15) is 9.59 Å². The van der Waals surface area contributed by atoms with Crippen molar-refractivity contribution >= 4 is 27.5 Å². The first kappa shape index (κ1) is 20.8. The minimum absolute atomic E-state index is 0.0930. The van der Waals surface area contributed by atoms with Crippen molar-refractivity contribution < 1.29 is 14.3 Å². The highest BCUT2D eigenvalue weighted by molar-refractivity contribution is 7.17. The minimum atomic E-state index is -0.354. The van der Waals surface area contributed by atoms with E-state index in [2.05, 4.69) is 4.98 Å². The Kier molecular flexibility index (Phi) is 6.13. The summed E-state index contributed by atoms with van der Waals surface area (Å²) < 4.78 is 12.1. The van der Waals surface area contributed by atoms with E-state index in [1.54, 1.807) is 30.0 Å². The third kappa shape index (κ3) is 4.36. The maximum Gasteiger partial charge on any atom is 0.338 e. The first-order valence-electron chi connectivity index (χ1n) is 10.1. The van der Waals surface area contributed by atoms with Crippen molar-refractivity contribution in [3.63, 3.8) is 0 Å². The van der Waals surface area contributed by atoms with Gasteiger partial charge in [-0.15, -0.1) is 11.3 Å². The molecule has 0 aliphatic heterocycles. The predicted octanol–water partition coefficient (Wildman–Crippen LogP) is 4.75. The topological polar surface area (TPSA) is 70.4 Å². The van der Waals surface area contributed by atoms with Gasteiger partial charge in [0.2, 0.25) is 0 Å². The molecule has 6 nitrogen and oxygen atoms in total. The monoisotopic (exact) mass is 434 g/mol. The van der Waals surface area contributed by atoms with Gasteiger partial charge in [0.05, 0.1) is 37.0 Å². The second-order valence-electron chi connectivity index (χ2n) is 6.88. The summed E-state index contributed by atoms with van der Waals surface area (Å²) in [7, 11) is 0. The number of ether oxygens (including phenoxy) is 2. The molecule has 7 heteroatoms. The van der Waals surface area contributed by atoms with Crippen LogP contribution >= 0.6 is 11.3 Å². The smallest absolute Gasteiger partial charge is 0.338 e. The summed E-state index contributed by atoms with van der Waals surface area (Å²) in [4.78, 5) is 30.3. The molecule has 0 amide bonds. The van der Waals surface area contributed by atoms with Crippen LogP contribution in [0.25, 0.3) is 21.3 Å². The van der Waals surface area contributed by atoms with Crippen LogP contribution in [-0.2, 0) is 11.3 Å². The highest BCUT2D eigenvalue weighted by atomic mass is 32.1. The summed E-state index contributed by atoms with van der Waals surface area (Å²) in [6.07, 6.45) is 1.57. The number of benzene rings is 2. The molecule has 2 aromatic heterocycles. The third-order valence-corrected chi connectivity index (χ3v) is 5.74. The molecule has 0 aliphatic carbocycles. The zero-order valence-corrected chi connectivity index (χ0v) is 18.1. The fraction of sp³-hybridized carbons (Fsp3) is 0.208. The van der Waals surface area contributed by atoms with Crippen molar-refractivity contribution in [2.75, 3.05) is 13.2 Å². The summed E-state index contributed by atoms with van der Waals surface area (Å²) in [5.41, 5.74) is 3.11. The van der Waals surface area contributed by atoms with E-state index in [0.717, 1.165) is 22.4 Å². The molecule has 31 heavy (non-hydrogen) atoms. The van der Waals surface area contributed by atoms with Crippen LogP contribution in [0.4, 0.5) is 0 Å². The van der Waals surface area contributed by atoms with E-state index in [1.807, 2.05) is 48.7 Å². The number of rotatable bonds is 7. The summed E-state index contributed by atoms with van der Waals surface area (Å²) >= 11 is 1.46. The largest absolute Gasteiger partial charge is 0.494 e. The standard InChI is InChI=1S/C24H22N2O4S/c1-3-29-19-11-9-17(10-12-19)20-14-31-22-21(20)23(27)26(15-25-22)13-16-5-7-18(8-6-16)24(28)30-4-2/h5-12,14-15H,3-4,13H2,1-2H3. The number of esters is 1. The molecule has 0 N–H and O–H groups in total. The quantitative estimate of drug-likeness (QED) is 0.393. The molecule has 158 valence electrons. The van der Waals surface area contributed by atoms with Crippen LogP contribution in [0, 0.1) is 0 Å². The van der Waals surface area contributed by atoms with Crippen molar-refractivity contribution in [3.8, 4) is 16.9 Å². The molecule has 0 bridgehead atoms. The molecule has 0 spiro atoms. The summed E-state index contributed by atoms with van der Waals surface area (Å²) in [6, 6.07) is 14.8. The molecule has 0 atom stereocenters. The Morgan fingerprint density at radius 3 is 2.45 bits per heavy atom.